The van der Waals surface area contributed by atoms with E-state index in [9.17, 15) is 17.6 Å². The average molecular weight is 251 g/mol. The van der Waals surface area contributed by atoms with Crippen LogP contribution in [0.5, 0.6) is 0 Å². The molecule has 0 aromatic heterocycles. The van der Waals surface area contributed by atoms with Gasteiger partial charge >= 0.3 is 0 Å². The van der Waals surface area contributed by atoms with Gasteiger partial charge in [-0.25, -0.2) is 12.8 Å². The third-order valence-electron chi connectivity index (χ3n) is 1.88. The van der Waals surface area contributed by atoms with Crippen molar-refractivity contribution in [3.8, 4) is 0 Å². The quantitative estimate of drug-likeness (QED) is 0.609. The average Bonchev–Trinajstić information content (AvgIpc) is 2.08. The summed E-state index contributed by atoms with van der Waals surface area (Å²) in [6.07, 6.45) is 0.403. The molecule has 3 nitrogen and oxygen atoms in total. The van der Waals surface area contributed by atoms with Crippen molar-refractivity contribution in [2.24, 2.45) is 0 Å². The molecule has 0 saturated carbocycles. The highest BCUT2D eigenvalue weighted by Gasteiger charge is 2.13. The van der Waals surface area contributed by atoms with Crippen LogP contribution in [0.4, 0.5) is 4.39 Å². The second kappa shape index (κ2) is 4.28. The summed E-state index contributed by atoms with van der Waals surface area (Å²) in [7, 11) is 1.30. The zero-order valence-corrected chi connectivity index (χ0v) is 9.40. The van der Waals surface area contributed by atoms with Crippen molar-refractivity contribution in [1.82, 2.24) is 0 Å². The third-order valence-corrected chi connectivity index (χ3v) is 2.86. The second-order valence-corrected chi connectivity index (χ2v) is 5.88. The molecule has 0 aliphatic rings. The SMILES string of the molecule is Cc1cc(CS(=O)(=O)Cl)c(C=O)cc1F. The number of aldehydes is 1. The van der Waals surface area contributed by atoms with E-state index < -0.39 is 20.6 Å². The van der Waals surface area contributed by atoms with E-state index in [1.54, 1.807) is 0 Å². The van der Waals surface area contributed by atoms with E-state index in [1.165, 1.54) is 13.0 Å². The Balaban J connectivity index is 3.28. The van der Waals surface area contributed by atoms with Gasteiger partial charge in [-0.3, -0.25) is 4.79 Å². The summed E-state index contributed by atoms with van der Waals surface area (Å²) in [6, 6.07) is 2.30. The molecule has 0 fully saturated rings. The Morgan fingerprint density at radius 3 is 2.53 bits per heavy atom. The molecule has 0 aliphatic heterocycles. The smallest absolute Gasteiger partial charge is 0.236 e. The molecule has 0 bridgehead atoms. The van der Waals surface area contributed by atoms with Gasteiger partial charge in [-0.05, 0) is 24.1 Å². The van der Waals surface area contributed by atoms with Crippen molar-refractivity contribution in [2.45, 2.75) is 12.7 Å². The molecule has 0 radical (unpaired) electrons. The van der Waals surface area contributed by atoms with Crippen molar-refractivity contribution in [3.05, 3.63) is 34.6 Å². The Morgan fingerprint density at radius 2 is 2.07 bits per heavy atom. The molecule has 0 heterocycles. The van der Waals surface area contributed by atoms with Crippen molar-refractivity contribution >= 4 is 26.0 Å². The Hall–Kier alpha value is -0.940. The highest BCUT2D eigenvalue weighted by molar-refractivity contribution is 8.13. The number of aryl methyl sites for hydroxylation is 1. The molecule has 15 heavy (non-hydrogen) atoms. The van der Waals surface area contributed by atoms with Gasteiger partial charge in [0.2, 0.25) is 9.05 Å². The molecular formula is C9H8ClFO3S. The number of benzene rings is 1. The van der Waals surface area contributed by atoms with Crippen LogP contribution in [0.2, 0.25) is 0 Å². The number of rotatable bonds is 3. The van der Waals surface area contributed by atoms with Gasteiger partial charge in [0, 0.05) is 16.2 Å². The van der Waals surface area contributed by atoms with Gasteiger partial charge < -0.3 is 0 Å². The van der Waals surface area contributed by atoms with Crippen LogP contribution < -0.4 is 0 Å². The first-order chi connectivity index (χ1) is 6.83. The number of halogens is 2. The summed E-state index contributed by atoms with van der Waals surface area (Å²) < 4.78 is 34.7. The van der Waals surface area contributed by atoms with Crippen LogP contribution in [-0.4, -0.2) is 14.7 Å². The van der Waals surface area contributed by atoms with E-state index in [1.807, 2.05) is 0 Å². The molecule has 0 atom stereocenters. The van der Waals surface area contributed by atoms with Crippen LogP contribution in [0.25, 0.3) is 0 Å². The molecule has 6 heteroatoms. The summed E-state index contributed by atoms with van der Waals surface area (Å²) in [5, 5.41) is 0. The fourth-order valence-electron chi connectivity index (χ4n) is 1.18. The molecule has 0 aliphatic carbocycles. The summed E-state index contributed by atoms with van der Waals surface area (Å²) in [5.74, 6) is -1.03. The van der Waals surface area contributed by atoms with Gasteiger partial charge in [0.15, 0.2) is 0 Å². The fourth-order valence-corrected chi connectivity index (χ4v) is 2.15. The molecule has 1 aromatic rings. The predicted molar refractivity (Wildman–Crippen MR) is 55.0 cm³/mol. The first kappa shape index (κ1) is 12.1. The van der Waals surface area contributed by atoms with Gasteiger partial charge in [0.1, 0.15) is 12.1 Å². The van der Waals surface area contributed by atoms with E-state index in [4.69, 9.17) is 10.7 Å². The Bertz CT molecular complexity index is 496. The van der Waals surface area contributed by atoms with E-state index in [-0.39, 0.29) is 16.7 Å². The van der Waals surface area contributed by atoms with Crippen LogP contribution in [0.3, 0.4) is 0 Å². The Kier molecular flexibility index (Phi) is 3.46. The van der Waals surface area contributed by atoms with E-state index in [2.05, 4.69) is 0 Å². The van der Waals surface area contributed by atoms with Gasteiger partial charge in [0.05, 0.1) is 5.75 Å². The second-order valence-electron chi connectivity index (χ2n) is 3.10. The molecule has 0 saturated heterocycles. The molecule has 1 aromatic carbocycles. The van der Waals surface area contributed by atoms with E-state index in [0.29, 0.717) is 6.29 Å². The summed E-state index contributed by atoms with van der Waals surface area (Å²) >= 11 is 0. The van der Waals surface area contributed by atoms with Crippen LogP contribution in [0, 0.1) is 12.7 Å². The fraction of sp³-hybridized carbons (Fsp3) is 0.222. The molecule has 82 valence electrons. The Morgan fingerprint density at radius 1 is 1.47 bits per heavy atom. The van der Waals surface area contributed by atoms with Gasteiger partial charge in [-0.1, -0.05) is 6.07 Å². The van der Waals surface area contributed by atoms with Gasteiger partial charge in [-0.15, -0.1) is 0 Å². The van der Waals surface area contributed by atoms with Crippen LogP contribution in [0.15, 0.2) is 12.1 Å². The number of carbonyl (C=O) groups is 1. The first-order valence-corrected chi connectivity index (χ1v) is 6.48. The zero-order chi connectivity index (χ0) is 11.6. The molecule has 0 spiro atoms. The van der Waals surface area contributed by atoms with E-state index >= 15 is 0 Å². The highest BCUT2D eigenvalue weighted by atomic mass is 35.7. The molecular weight excluding hydrogens is 243 g/mol. The van der Waals surface area contributed by atoms with Crippen molar-refractivity contribution in [3.63, 3.8) is 0 Å². The highest BCUT2D eigenvalue weighted by Crippen LogP contribution is 2.18. The minimum absolute atomic E-state index is 0.00215. The van der Waals surface area contributed by atoms with Gasteiger partial charge in [0.25, 0.3) is 0 Å². The number of carbonyl (C=O) groups excluding carboxylic acids is 1. The van der Waals surface area contributed by atoms with Crippen molar-refractivity contribution in [2.75, 3.05) is 0 Å². The summed E-state index contributed by atoms with van der Waals surface area (Å²) in [6.45, 7) is 1.48. The molecule has 1 rings (SSSR count). The van der Waals surface area contributed by atoms with Gasteiger partial charge in [-0.2, -0.15) is 0 Å². The monoisotopic (exact) mass is 250 g/mol. The predicted octanol–water partition coefficient (Wildman–Crippen LogP) is 2.02. The standard InChI is InChI=1S/C9H8ClFO3S/c1-6-2-8(5-15(10,13)14)7(4-12)3-9(6)11/h2-4H,5H2,1H3. The maximum absolute atomic E-state index is 13.0. The lowest BCUT2D eigenvalue weighted by Crippen LogP contribution is -2.01. The minimum atomic E-state index is -3.75. The lowest BCUT2D eigenvalue weighted by molar-refractivity contribution is 0.112. The topological polar surface area (TPSA) is 51.2 Å². The molecule has 0 N–H and O–H groups in total. The maximum Gasteiger partial charge on any atom is 0.236 e. The van der Waals surface area contributed by atoms with Crippen LogP contribution in [0.1, 0.15) is 21.5 Å². The number of hydrogen-bond donors (Lipinski definition) is 0. The van der Waals surface area contributed by atoms with Crippen molar-refractivity contribution in [1.29, 1.82) is 0 Å². The van der Waals surface area contributed by atoms with Crippen LogP contribution in [-0.2, 0) is 14.8 Å². The largest absolute Gasteiger partial charge is 0.298 e. The third kappa shape index (κ3) is 3.28. The van der Waals surface area contributed by atoms with E-state index in [0.717, 1.165) is 6.07 Å². The van der Waals surface area contributed by atoms with Crippen molar-refractivity contribution < 1.29 is 17.6 Å². The lowest BCUT2D eigenvalue weighted by Gasteiger charge is -2.05. The summed E-state index contributed by atoms with van der Waals surface area (Å²) in [4.78, 5) is 10.6. The minimum Gasteiger partial charge on any atom is -0.298 e. The van der Waals surface area contributed by atoms with Crippen LogP contribution >= 0.6 is 10.7 Å². The normalized spacial score (nSPS) is 11.4. The summed E-state index contributed by atoms with van der Waals surface area (Å²) in [5.41, 5.74) is 0.483. The number of hydrogen-bond acceptors (Lipinski definition) is 3. The molecule has 0 unspecified atom stereocenters. The Labute approximate surface area is 91.3 Å². The molecule has 0 amide bonds. The first-order valence-electron chi connectivity index (χ1n) is 4.00. The zero-order valence-electron chi connectivity index (χ0n) is 7.83. The lowest BCUT2D eigenvalue weighted by atomic mass is 10.1. The maximum atomic E-state index is 13.0.